The number of hydrogen-bond acceptors (Lipinski definition) is 4. The van der Waals surface area contributed by atoms with Gasteiger partial charge in [0.2, 0.25) is 0 Å². The number of nitrogens with zero attached hydrogens (tertiary/aromatic N) is 1. The molecule has 0 radical (unpaired) electrons. The van der Waals surface area contributed by atoms with Crippen molar-refractivity contribution in [2.75, 3.05) is 19.3 Å². The molecule has 1 atom stereocenters. The molecule has 5 heteroatoms. The molecule has 1 aliphatic heterocycles. The fraction of sp³-hybridized carbons (Fsp3) is 0.450. The Morgan fingerprint density at radius 1 is 1.32 bits per heavy atom. The van der Waals surface area contributed by atoms with Crippen LogP contribution in [0.5, 0.6) is 0 Å². The molecule has 1 aromatic carbocycles. The van der Waals surface area contributed by atoms with Gasteiger partial charge in [-0.3, -0.25) is 4.79 Å². The molecule has 4 rings (SSSR count). The van der Waals surface area contributed by atoms with Gasteiger partial charge in [-0.1, -0.05) is 12.1 Å². The van der Waals surface area contributed by atoms with Gasteiger partial charge in [0.05, 0.1) is 5.56 Å². The highest BCUT2D eigenvalue weighted by Crippen LogP contribution is 2.56. The normalized spacial score (nSPS) is 21.2. The molecule has 2 fully saturated rings. The van der Waals surface area contributed by atoms with Crippen molar-refractivity contribution in [3.05, 3.63) is 52.2 Å². The first-order chi connectivity index (χ1) is 12.2. The van der Waals surface area contributed by atoms with Crippen LogP contribution in [0.15, 0.2) is 46.0 Å². The van der Waals surface area contributed by atoms with E-state index in [1.807, 2.05) is 30.5 Å². The van der Waals surface area contributed by atoms with Gasteiger partial charge in [0.1, 0.15) is 0 Å². The van der Waals surface area contributed by atoms with E-state index in [9.17, 15) is 4.79 Å². The van der Waals surface area contributed by atoms with Gasteiger partial charge in [0.25, 0.3) is 5.91 Å². The van der Waals surface area contributed by atoms with E-state index in [2.05, 4.69) is 27.0 Å². The predicted octanol–water partition coefficient (Wildman–Crippen LogP) is 4.25. The molecule has 132 valence electrons. The van der Waals surface area contributed by atoms with Gasteiger partial charge in [-0.05, 0) is 78.5 Å². The van der Waals surface area contributed by atoms with Gasteiger partial charge in [0.15, 0.2) is 0 Å². The van der Waals surface area contributed by atoms with Crippen LogP contribution in [0.3, 0.4) is 0 Å². The number of nitrogens with one attached hydrogen (secondary N) is 1. The second-order valence-electron chi connectivity index (χ2n) is 7.10. The molecule has 1 saturated carbocycles. The zero-order valence-corrected chi connectivity index (χ0v) is 16.2. The van der Waals surface area contributed by atoms with Gasteiger partial charge in [-0.2, -0.15) is 11.3 Å². The van der Waals surface area contributed by atoms with Gasteiger partial charge in [0, 0.05) is 17.5 Å². The van der Waals surface area contributed by atoms with Gasteiger partial charge >= 0.3 is 0 Å². The first-order valence-corrected chi connectivity index (χ1v) is 11.1. The van der Waals surface area contributed by atoms with Gasteiger partial charge in [-0.25, -0.2) is 0 Å². The number of carbonyl (C=O) groups is 1. The predicted molar refractivity (Wildman–Crippen MR) is 105 cm³/mol. The first-order valence-electron chi connectivity index (χ1n) is 8.89. The summed E-state index contributed by atoms with van der Waals surface area (Å²) < 4.78 is 0. The third-order valence-electron chi connectivity index (χ3n) is 5.65. The zero-order chi connectivity index (χ0) is 17.3. The summed E-state index contributed by atoms with van der Waals surface area (Å²) in [4.78, 5) is 16.7. The number of thioether (sulfide) groups is 1. The second-order valence-corrected chi connectivity index (χ2v) is 8.73. The van der Waals surface area contributed by atoms with Gasteiger partial charge in [-0.15, -0.1) is 11.8 Å². The lowest BCUT2D eigenvalue weighted by Crippen LogP contribution is -2.39. The summed E-state index contributed by atoms with van der Waals surface area (Å²) in [6, 6.07) is 10.5. The number of benzene rings is 1. The van der Waals surface area contributed by atoms with Crippen LogP contribution < -0.4 is 5.32 Å². The summed E-state index contributed by atoms with van der Waals surface area (Å²) in [5.74, 6) is 0.191. The number of carbonyl (C=O) groups excluding carboxylic acids is 1. The van der Waals surface area contributed by atoms with Crippen molar-refractivity contribution in [1.82, 2.24) is 10.2 Å². The maximum absolute atomic E-state index is 13.5. The monoisotopic (exact) mass is 372 g/mol. The summed E-state index contributed by atoms with van der Waals surface area (Å²) in [6.07, 6.45) is 5.58. The molecule has 1 aromatic heterocycles. The maximum Gasteiger partial charge on any atom is 0.255 e. The molecular formula is C20H24N2OS2. The van der Waals surface area contributed by atoms with E-state index in [1.165, 1.54) is 18.4 Å². The van der Waals surface area contributed by atoms with Crippen LogP contribution in [-0.2, 0) is 6.54 Å². The number of piperidine rings is 1. The van der Waals surface area contributed by atoms with Crippen molar-refractivity contribution in [3.63, 3.8) is 0 Å². The minimum absolute atomic E-state index is 0.191. The highest BCUT2D eigenvalue weighted by Gasteiger charge is 2.57. The fourth-order valence-electron chi connectivity index (χ4n) is 4.11. The molecule has 2 aliphatic rings. The molecule has 0 bridgehead atoms. The van der Waals surface area contributed by atoms with Crippen molar-refractivity contribution < 1.29 is 4.79 Å². The van der Waals surface area contributed by atoms with Crippen molar-refractivity contribution >= 4 is 29.0 Å². The zero-order valence-electron chi connectivity index (χ0n) is 14.5. The number of thiophene rings is 1. The Bertz CT molecular complexity index is 738. The van der Waals surface area contributed by atoms with Crippen molar-refractivity contribution in [2.24, 2.45) is 5.41 Å². The largest absolute Gasteiger partial charge is 0.331 e. The van der Waals surface area contributed by atoms with Crippen LogP contribution in [0, 0.1) is 5.41 Å². The van der Waals surface area contributed by atoms with Crippen molar-refractivity contribution in [3.8, 4) is 0 Å². The van der Waals surface area contributed by atoms with E-state index >= 15 is 0 Å². The highest BCUT2D eigenvalue weighted by molar-refractivity contribution is 7.98. The number of hydrogen-bond donors (Lipinski definition) is 1. The quantitative estimate of drug-likeness (QED) is 0.796. The van der Waals surface area contributed by atoms with E-state index in [1.54, 1.807) is 23.1 Å². The Labute approximate surface area is 157 Å². The summed E-state index contributed by atoms with van der Waals surface area (Å²) in [5, 5.41) is 7.72. The summed E-state index contributed by atoms with van der Waals surface area (Å²) in [7, 11) is 0. The number of rotatable bonds is 5. The minimum Gasteiger partial charge on any atom is -0.331 e. The van der Waals surface area contributed by atoms with E-state index in [4.69, 9.17) is 0 Å². The maximum atomic E-state index is 13.5. The molecule has 2 heterocycles. The van der Waals surface area contributed by atoms with E-state index < -0.39 is 0 Å². The third kappa shape index (κ3) is 3.37. The van der Waals surface area contributed by atoms with Crippen LogP contribution in [0.1, 0.15) is 35.2 Å². The van der Waals surface area contributed by atoms with Gasteiger partial charge < -0.3 is 10.2 Å². The van der Waals surface area contributed by atoms with Crippen LogP contribution in [0.2, 0.25) is 0 Å². The van der Waals surface area contributed by atoms with E-state index in [0.29, 0.717) is 11.5 Å². The Morgan fingerprint density at radius 3 is 2.84 bits per heavy atom. The average molecular weight is 373 g/mol. The van der Waals surface area contributed by atoms with Crippen LogP contribution in [0.4, 0.5) is 0 Å². The van der Waals surface area contributed by atoms with E-state index in [0.717, 1.165) is 36.5 Å². The molecule has 2 aromatic rings. The first kappa shape index (κ1) is 17.1. The molecule has 3 nitrogen and oxygen atoms in total. The Morgan fingerprint density at radius 2 is 2.12 bits per heavy atom. The topological polar surface area (TPSA) is 32.3 Å². The molecule has 1 aliphatic carbocycles. The fourth-order valence-corrected chi connectivity index (χ4v) is 5.36. The Balaban J connectivity index is 1.62. The lowest BCUT2D eigenvalue weighted by atomic mass is 9.93. The Kier molecular flexibility index (Phi) is 4.89. The second kappa shape index (κ2) is 7.14. The Hall–Kier alpha value is -1.30. The third-order valence-corrected chi connectivity index (χ3v) is 7.18. The lowest BCUT2D eigenvalue weighted by molar-refractivity contribution is 0.0689. The lowest BCUT2D eigenvalue weighted by Gasteiger charge is -2.30. The SMILES string of the molecule is CSc1ccccc1C(=O)N(Cc1ccsc1)C1CC12CCNCC2. The average Bonchev–Trinajstić information content (AvgIpc) is 3.08. The molecule has 25 heavy (non-hydrogen) atoms. The summed E-state index contributed by atoms with van der Waals surface area (Å²) >= 11 is 3.36. The molecule has 1 unspecified atom stereocenters. The van der Waals surface area contributed by atoms with Crippen molar-refractivity contribution in [2.45, 2.75) is 36.7 Å². The highest BCUT2D eigenvalue weighted by atomic mass is 32.2. The van der Waals surface area contributed by atoms with Crippen LogP contribution in [-0.4, -0.2) is 36.2 Å². The molecule has 1 N–H and O–H groups in total. The van der Waals surface area contributed by atoms with Crippen LogP contribution >= 0.6 is 23.1 Å². The molecule has 1 saturated heterocycles. The molecular weight excluding hydrogens is 348 g/mol. The van der Waals surface area contributed by atoms with Crippen molar-refractivity contribution in [1.29, 1.82) is 0 Å². The molecule has 1 amide bonds. The number of amides is 1. The van der Waals surface area contributed by atoms with E-state index in [-0.39, 0.29) is 5.91 Å². The molecule has 1 spiro atoms. The van der Waals surface area contributed by atoms with Crippen LogP contribution in [0.25, 0.3) is 0 Å². The summed E-state index contributed by atoms with van der Waals surface area (Å²) in [5.41, 5.74) is 2.45. The standard InChI is InChI=1S/C20H24N2OS2/c1-24-17-5-3-2-4-16(17)19(23)22(13-15-6-11-25-14-15)18-12-20(18)7-9-21-10-8-20/h2-6,11,14,18,21H,7-10,12-13H2,1H3. The minimum atomic E-state index is 0.191. The summed E-state index contributed by atoms with van der Waals surface area (Å²) in [6.45, 7) is 2.89. The smallest absolute Gasteiger partial charge is 0.255 e.